The maximum Gasteiger partial charge on any atom is 0.226 e. The Kier molecular flexibility index (Phi) is 9.52. The summed E-state index contributed by atoms with van der Waals surface area (Å²) in [6, 6.07) is 8.43. The Hall–Kier alpha value is 0.150. The molecule has 1 aliphatic heterocycles. The lowest BCUT2D eigenvalue weighted by molar-refractivity contribution is -0.144. The summed E-state index contributed by atoms with van der Waals surface area (Å²) in [5.41, 5.74) is 1.20. The van der Waals surface area contributed by atoms with E-state index in [9.17, 15) is 4.79 Å². The second-order valence-corrected chi connectivity index (χ2v) is 10.5. The lowest BCUT2D eigenvalue weighted by Gasteiger charge is -2.44. The van der Waals surface area contributed by atoms with Gasteiger partial charge in [-0.15, -0.1) is 18.3 Å². The average molecular weight is 510 g/mol. The van der Waals surface area contributed by atoms with E-state index >= 15 is 0 Å². The third kappa shape index (κ3) is 5.81. The number of amides is 1. The van der Waals surface area contributed by atoms with Crippen molar-refractivity contribution in [2.45, 2.75) is 44.7 Å². The van der Waals surface area contributed by atoms with E-state index in [0.717, 1.165) is 41.5 Å². The third-order valence-electron chi connectivity index (χ3n) is 4.74. The molecule has 0 saturated carbocycles. The van der Waals surface area contributed by atoms with Gasteiger partial charge in [-0.3, -0.25) is 4.79 Å². The molecular formula is C19H25ClINOS2. The van der Waals surface area contributed by atoms with E-state index in [4.69, 9.17) is 11.6 Å². The summed E-state index contributed by atoms with van der Waals surface area (Å²) >= 11 is 10.3. The number of benzene rings is 1. The van der Waals surface area contributed by atoms with Crippen molar-refractivity contribution >= 4 is 59.4 Å². The summed E-state index contributed by atoms with van der Waals surface area (Å²) in [5.74, 6) is 1.36. The number of piperidine rings is 1. The van der Waals surface area contributed by atoms with Gasteiger partial charge in [0.15, 0.2) is 0 Å². The van der Waals surface area contributed by atoms with Gasteiger partial charge in [0.2, 0.25) is 5.91 Å². The summed E-state index contributed by atoms with van der Waals surface area (Å²) in [4.78, 5) is 15.4. The van der Waals surface area contributed by atoms with Crippen molar-refractivity contribution in [2.75, 3.05) is 10.8 Å². The predicted molar refractivity (Wildman–Crippen MR) is 122 cm³/mol. The van der Waals surface area contributed by atoms with Gasteiger partial charge in [-0.25, -0.2) is 0 Å². The zero-order valence-electron chi connectivity index (χ0n) is 14.5. The molecular weight excluding hydrogens is 485 g/mol. The van der Waals surface area contributed by atoms with Crippen LogP contribution in [0.15, 0.2) is 36.9 Å². The number of allylic oxidation sites excluding steroid dienone is 1. The van der Waals surface area contributed by atoms with Crippen molar-refractivity contribution in [2.24, 2.45) is 5.92 Å². The molecule has 1 aromatic carbocycles. The molecule has 1 saturated heterocycles. The van der Waals surface area contributed by atoms with Gasteiger partial charge in [0, 0.05) is 27.8 Å². The zero-order chi connectivity index (χ0) is 18.2. The van der Waals surface area contributed by atoms with Crippen LogP contribution in [0, 0.1) is 5.92 Å². The van der Waals surface area contributed by atoms with Crippen LogP contribution in [0.3, 0.4) is 0 Å². The minimum absolute atomic E-state index is 0.0825. The molecule has 0 bridgehead atoms. The fourth-order valence-corrected chi connectivity index (χ4v) is 6.51. The standard InChI is InChI=1S/C19H25ClINOS2/c1-3-5-15-8-11-18(14-6-9-16(20)10-7-14)22(19(15)23)17(4-2)12-24-13-25-21/h3,6-7,9-10,15,17-18H,1,4-5,8,11-13H2,2H3/t15?,17-,18?/m0/s1. The van der Waals surface area contributed by atoms with Gasteiger partial charge < -0.3 is 4.90 Å². The number of rotatable bonds is 9. The second-order valence-electron chi connectivity index (χ2n) is 6.27. The SMILES string of the molecule is C=CCC1CCC(c2ccc(Cl)cc2)N([C@@H](CC)CSCSI)C1=O. The Morgan fingerprint density at radius 2 is 2.12 bits per heavy atom. The zero-order valence-corrected chi connectivity index (χ0v) is 19.0. The Bertz CT molecular complexity index is 569. The highest BCUT2D eigenvalue weighted by atomic mass is 127. The van der Waals surface area contributed by atoms with Gasteiger partial charge in [-0.1, -0.05) is 45.7 Å². The molecule has 6 heteroatoms. The van der Waals surface area contributed by atoms with Gasteiger partial charge in [-0.2, -0.15) is 0 Å². The van der Waals surface area contributed by atoms with Crippen LogP contribution in [-0.2, 0) is 4.79 Å². The van der Waals surface area contributed by atoms with Crippen LogP contribution in [0.25, 0.3) is 0 Å². The van der Waals surface area contributed by atoms with Crippen LogP contribution < -0.4 is 0 Å². The topological polar surface area (TPSA) is 20.3 Å². The summed E-state index contributed by atoms with van der Waals surface area (Å²) in [7, 11) is 1.81. The first-order valence-corrected chi connectivity index (χ1v) is 13.7. The lowest BCUT2D eigenvalue weighted by Crippen LogP contribution is -2.49. The van der Waals surface area contributed by atoms with E-state index in [-0.39, 0.29) is 18.0 Å². The number of carbonyl (C=O) groups excluding carboxylic acids is 1. The molecule has 25 heavy (non-hydrogen) atoms. The summed E-state index contributed by atoms with van der Waals surface area (Å²) in [6.07, 6.45) is 5.58. The largest absolute Gasteiger partial charge is 0.332 e. The number of thioether (sulfide) groups is 1. The van der Waals surface area contributed by atoms with Crippen molar-refractivity contribution in [3.05, 3.63) is 47.5 Å². The molecule has 0 N–H and O–H groups in total. The number of hydrogen-bond acceptors (Lipinski definition) is 3. The van der Waals surface area contributed by atoms with Crippen LogP contribution in [0.1, 0.15) is 44.2 Å². The van der Waals surface area contributed by atoms with Crippen molar-refractivity contribution in [1.29, 1.82) is 0 Å². The first-order chi connectivity index (χ1) is 12.1. The van der Waals surface area contributed by atoms with E-state index in [1.807, 2.05) is 38.9 Å². The van der Waals surface area contributed by atoms with Crippen molar-refractivity contribution < 1.29 is 4.79 Å². The molecule has 1 fully saturated rings. The van der Waals surface area contributed by atoms with Crippen molar-refractivity contribution in [3.8, 4) is 0 Å². The van der Waals surface area contributed by atoms with Gasteiger partial charge in [0.25, 0.3) is 0 Å². The maximum atomic E-state index is 13.2. The molecule has 1 aromatic rings. The third-order valence-corrected chi connectivity index (χ3v) is 8.92. The highest BCUT2D eigenvalue weighted by Gasteiger charge is 2.38. The minimum atomic E-state index is 0.0825. The van der Waals surface area contributed by atoms with Gasteiger partial charge >= 0.3 is 0 Å². The maximum absolute atomic E-state index is 13.2. The lowest BCUT2D eigenvalue weighted by atomic mass is 9.85. The van der Waals surface area contributed by atoms with Crippen molar-refractivity contribution in [3.63, 3.8) is 0 Å². The first-order valence-electron chi connectivity index (χ1n) is 8.62. The number of hydrogen-bond donors (Lipinski definition) is 0. The highest BCUT2D eigenvalue weighted by Crippen LogP contribution is 2.38. The fourth-order valence-electron chi connectivity index (χ4n) is 3.46. The molecule has 0 radical (unpaired) electrons. The molecule has 2 nitrogen and oxygen atoms in total. The van der Waals surface area contributed by atoms with E-state index in [0.29, 0.717) is 5.91 Å². The number of likely N-dealkylation sites (tertiary alicyclic amines) is 1. The Balaban J connectivity index is 2.27. The molecule has 1 aliphatic rings. The van der Waals surface area contributed by atoms with Crippen molar-refractivity contribution in [1.82, 2.24) is 4.90 Å². The van der Waals surface area contributed by atoms with Crippen LogP contribution in [0.2, 0.25) is 5.02 Å². The fraction of sp³-hybridized carbons (Fsp3) is 0.526. The quantitative estimate of drug-likeness (QED) is 0.159. The Morgan fingerprint density at radius 3 is 2.72 bits per heavy atom. The Morgan fingerprint density at radius 1 is 1.40 bits per heavy atom. The second kappa shape index (κ2) is 11.1. The number of halogens is 2. The molecule has 0 aliphatic carbocycles. The molecule has 0 spiro atoms. The monoisotopic (exact) mass is 509 g/mol. The molecule has 1 amide bonds. The smallest absolute Gasteiger partial charge is 0.226 e. The summed E-state index contributed by atoms with van der Waals surface area (Å²) < 4.78 is 0. The molecule has 138 valence electrons. The van der Waals surface area contributed by atoms with E-state index in [1.165, 1.54) is 5.56 Å². The first kappa shape index (κ1) is 21.5. The van der Waals surface area contributed by atoms with Gasteiger partial charge in [0.1, 0.15) is 0 Å². The molecule has 0 aromatic heterocycles. The molecule has 1 heterocycles. The van der Waals surface area contributed by atoms with E-state index < -0.39 is 0 Å². The van der Waals surface area contributed by atoms with Gasteiger partial charge in [-0.05, 0) is 64.6 Å². The summed E-state index contributed by atoms with van der Waals surface area (Å²) in [6.45, 7) is 6.02. The van der Waals surface area contributed by atoms with Crippen LogP contribution in [0.4, 0.5) is 0 Å². The normalized spacial score (nSPS) is 22.0. The average Bonchev–Trinajstić information content (AvgIpc) is 2.62. The summed E-state index contributed by atoms with van der Waals surface area (Å²) in [5, 5.41) is 1.80. The number of carbonyl (C=O) groups is 1. The number of nitrogens with zero attached hydrogens (tertiary/aromatic N) is 1. The molecule has 3 atom stereocenters. The van der Waals surface area contributed by atoms with Crippen LogP contribution >= 0.6 is 53.5 Å². The van der Waals surface area contributed by atoms with E-state index in [1.54, 1.807) is 0 Å². The molecule has 2 unspecified atom stereocenters. The highest BCUT2D eigenvalue weighted by molar-refractivity contribution is 14.2. The van der Waals surface area contributed by atoms with Crippen LogP contribution in [0.5, 0.6) is 0 Å². The van der Waals surface area contributed by atoms with E-state index in [2.05, 4.69) is 51.7 Å². The Labute approximate surface area is 177 Å². The van der Waals surface area contributed by atoms with Gasteiger partial charge in [0.05, 0.1) is 6.04 Å². The predicted octanol–water partition coefficient (Wildman–Crippen LogP) is 6.75. The minimum Gasteiger partial charge on any atom is -0.332 e. The van der Waals surface area contributed by atoms with Crippen LogP contribution in [-0.4, -0.2) is 27.7 Å². The molecule has 2 rings (SSSR count).